The number of carbonyl (C=O) groups is 3. The van der Waals surface area contributed by atoms with E-state index in [0.29, 0.717) is 94.3 Å². The van der Waals surface area contributed by atoms with Crippen LogP contribution in [0.1, 0.15) is 96.5 Å². The molecule has 2 saturated carbocycles. The zero-order valence-corrected chi connectivity index (χ0v) is 52.7. The molecule has 0 bridgehead atoms. The second-order valence-electron chi connectivity index (χ2n) is 19.4. The molecule has 10 rings (SSSR count). The number of nitrogens with zero attached hydrogens (tertiary/aromatic N) is 2. The third-order valence-corrected chi connectivity index (χ3v) is 16.8. The van der Waals surface area contributed by atoms with Crippen LogP contribution in [0.15, 0.2) is 121 Å². The van der Waals surface area contributed by atoms with Gasteiger partial charge in [-0.3, -0.25) is 21.7 Å². The van der Waals surface area contributed by atoms with Crippen molar-refractivity contribution in [3.8, 4) is 43.1 Å². The van der Waals surface area contributed by atoms with Gasteiger partial charge in [-0.2, -0.15) is 8.75 Å². The van der Waals surface area contributed by atoms with Crippen LogP contribution >= 0.6 is 46.3 Å². The number of aryl methyl sites for hydroxylation is 4. The molecule has 0 spiro atoms. The Bertz CT molecular complexity index is 3600. The maximum atomic E-state index is 15.4. The van der Waals surface area contributed by atoms with Crippen molar-refractivity contribution in [1.82, 2.24) is 8.75 Å². The summed E-state index contributed by atoms with van der Waals surface area (Å²) in [5.74, 6) is -1.66. The van der Waals surface area contributed by atoms with Gasteiger partial charge in [-0.1, -0.05) is 127 Å². The topological polar surface area (TPSA) is 217 Å². The van der Waals surface area contributed by atoms with Crippen LogP contribution in [0.25, 0.3) is 43.1 Å². The van der Waals surface area contributed by atoms with Gasteiger partial charge in [-0.25, -0.2) is 18.4 Å². The second kappa shape index (κ2) is 27.8. The van der Waals surface area contributed by atoms with Crippen molar-refractivity contribution in [2.75, 3.05) is 10.6 Å². The van der Waals surface area contributed by atoms with E-state index in [1.165, 1.54) is 23.7 Å². The standard InChI is InChI=1S/C30H26ClFN2O4S.C30H25ClFN2O3S.2Na.2H2O/c1-16-14-23(19-8-10-20(11-9-19)30(12-13-30)28(35)36)25(32)15-22(16)27-26(17(2)34-39-27)33-29(37)38-18(3)21-6-4-5-7-24(21)31;1-17-14-24(20-8-10-21(11-9-20)30(16-35)12-13-30)26(32)15-23(17)28-27(18(2)34-38-28)33-29(36)37-19(3)22-6-4-5-7-25(22)31;;;;/h4-11,14-15,18H,12-13H2,1-3H3,(H,33,37)(H,35,36);4-11,14-15,19H,12-13H2,1-3H3,(H,33,36);;;2*1H2/q;-1;2*+1;;/p-2/t18-;19-;;;;/m11..../s1. The van der Waals surface area contributed by atoms with E-state index in [9.17, 15) is 24.3 Å². The first kappa shape index (κ1) is 66.4. The smallest absolute Gasteiger partial charge is 0.870 e. The summed E-state index contributed by atoms with van der Waals surface area (Å²) in [7, 11) is 0. The third-order valence-electron chi connectivity index (χ3n) is 14.2. The Morgan fingerprint density at radius 3 is 1.33 bits per heavy atom. The molecular weight excluding hydrogens is 1140 g/mol. The number of aromatic nitrogens is 2. The molecule has 2 aromatic heterocycles. The number of carboxylic acid groups (broad SMARTS) is 1. The van der Waals surface area contributed by atoms with Crippen LogP contribution in [0.5, 0.6) is 0 Å². The first-order valence-corrected chi connectivity index (χ1v) is 27.0. The predicted molar refractivity (Wildman–Crippen MR) is 304 cm³/mol. The summed E-state index contributed by atoms with van der Waals surface area (Å²) in [6, 6.07) is 35.2. The molecule has 2 aliphatic rings. The number of amides is 2. The number of anilines is 2. The summed E-state index contributed by atoms with van der Waals surface area (Å²) in [4.78, 5) is 49.7. The minimum Gasteiger partial charge on any atom is -0.870 e. The van der Waals surface area contributed by atoms with Crippen LogP contribution in [0.3, 0.4) is 0 Å². The quantitative estimate of drug-likeness (QED) is 0.0687. The minimum absolute atomic E-state index is 0. The summed E-state index contributed by atoms with van der Waals surface area (Å²) < 4.78 is 50.7. The number of halogens is 4. The molecule has 0 aliphatic heterocycles. The first-order chi connectivity index (χ1) is 36.8. The molecule has 5 N–H and O–H groups in total. The van der Waals surface area contributed by atoms with Crippen molar-refractivity contribution in [3.63, 3.8) is 0 Å². The summed E-state index contributed by atoms with van der Waals surface area (Å²) in [5.41, 5.74) is 8.97. The van der Waals surface area contributed by atoms with Crippen molar-refractivity contribution in [2.24, 2.45) is 0 Å². The Morgan fingerprint density at radius 2 is 0.988 bits per heavy atom. The maximum absolute atomic E-state index is 15.4. The fourth-order valence-corrected chi connectivity index (χ4v) is 11.7. The molecule has 2 aliphatic carbocycles. The Hall–Kier alpha value is -5.38. The van der Waals surface area contributed by atoms with E-state index in [2.05, 4.69) is 25.7 Å². The Balaban J connectivity index is 0.000000283. The van der Waals surface area contributed by atoms with Crippen molar-refractivity contribution in [1.29, 1.82) is 0 Å². The van der Waals surface area contributed by atoms with E-state index in [1.54, 1.807) is 94.4 Å². The van der Waals surface area contributed by atoms with Crippen LogP contribution in [-0.4, -0.2) is 49.2 Å². The van der Waals surface area contributed by atoms with Crippen LogP contribution in [0.2, 0.25) is 10.0 Å². The number of hydrogen-bond donors (Lipinski definition) is 3. The molecule has 0 radical (unpaired) electrons. The van der Waals surface area contributed by atoms with Crippen molar-refractivity contribution < 1.29 is 113 Å². The molecule has 21 heteroatoms. The molecule has 410 valence electrons. The van der Waals surface area contributed by atoms with Crippen molar-refractivity contribution in [3.05, 3.63) is 188 Å². The zero-order valence-electron chi connectivity index (χ0n) is 45.5. The van der Waals surface area contributed by atoms with Gasteiger partial charge in [0.15, 0.2) is 0 Å². The molecule has 0 saturated heterocycles. The largest absolute Gasteiger partial charge is 1.00 e. The fraction of sp³-hybridized carbons (Fsp3) is 0.233. The summed E-state index contributed by atoms with van der Waals surface area (Å²) in [6.07, 6.45) is 2.50. The fourth-order valence-electron chi connectivity index (χ4n) is 9.28. The number of carbonyl (C=O) groups excluding carboxylic acids is 3. The number of carboxylic acids is 1. The van der Waals surface area contributed by atoms with Gasteiger partial charge < -0.3 is 30.3 Å². The molecule has 8 aromatic rings. The normalized spacial score (nSPS) is 13.8. The maximum Gasteiger partial charge on any atom is 1.00 e. The van der Waals surface area contributed by atoms with E-state index in [0.717, 1.165) is 52.2 Å². The summed E-state index contributed by atoms with van der Waals surface area (Å²) >= 11 is 14.8. The van der Waals surface area contributed by atoms with Crippen molar-refractivity contribution in [2.45, 2.75) is 90.3 Å². The van der Waals surface area contributed by atoms with Crippen LogP contribution in [-0.2, 0) is 29.9 Å². The number of benzene rings is 6. The molecule has 81 heavy (non-hydrogen) atoms. The molecule has 2 fully saturated rings. The van der Waals surface area contributed by atoms with Gasteiger partial charge in [0.25, 0.3) is 0 Å². The number of hydrogen-bond acceptors (Lipinski definition) is 12. The summed E-state index contributed by atoms with van der Waals surface area (Å²) in [6.45, 7) is 10.8. The van der Waals surface area contributed by atoms with Gasteiger partial charge in [-0.15, -0.1) is 5.41 Å². The van der Waals surface area contributed by atoms with Crippen LogP contribution in [0, 0.1) is 39.3 Å². The predicted octanol–water partition coefficient (Wildman–Crippen LogP) is 10.3. The van der Waals surface area contributed by atoms with E-state index in [4.69, 9.17) is 32.7 Å². The molecule has 2 atom stereocenters. The van der Waals surface area contributed by atoms with Gasteiger partial charge in [0.1, 0.15) is 23.8 Å². The number of nitrogens with one attached hydrogen (secondary N) is 2. The second-order valence-corrected chi connectivity index (χ2v) is 21.7. The monoisotopic (exact) mass is 1190 g/mol. The molecular formula is C60H53Cl2F2N4Na2O9S2-. The van der Waals surface area contributed by atoms with Crippen LogP contribution < -0.4 is 69.7 Å². The SMILES string of the molecule is Cc1cc(-c2ccc(C3(C(=O)O)CC3)cc2)c(F)cc1-c1snc(C)c1NC(=O)O[C@H](C)c1ccccc1Cl.Cc1cc(-c2ccc(C3([C-]=O)CC3)cc2)c(F)cc1-c1snc(C)c1NC(=O)O[C@H](C)c1ccccc1Cl.[Na+].[Na+].[OH-].[OH-]. The molecule has 6 aromatic carbocycles. The average Bonchev–Trinajstić information content (AvgIpc) is 4.55. The molecule has 2 heterocycles. The van der Waals surface area contributed by atoms with Gasteiger partial charge in [-0.05, 0) is 142 Å². The molecule has 0 unspecified atom stereocenters. The van der Waals surface area contributed by atoms with Crippen molar-refractivity contribution >= 4 is 82.1 Å². The average molecular weight is 1190 g/mol. The van der Waals surface area contributed by atoms with Gasteiger partial charge >= 0.3 is 77.3 Å². The summed E-state index contributed by atoms with van der Waals surface area (Å²) in [5, 5.41) is 16.1. The Kier molecular flexibility index (Phi) is 22.8. The van der Waals surface area contributed by atoms with Gasteiger partial charge in [0.2, 0.25) is 0 Å². The number of rotatable bonds is 14. The van der Waals surface area contributed by atoms with E-state index in [-0.39, 0.29) is 70.1 Å². The number of aliphatic carboxylic acids is 1. The number of ether oxygens (including phenoxy) is 2. The minimum atomic E-state index is -0.826. The third kappa shape index (κ3) is 14.3. The first-order valence-electron chi connectivity index (χ1n) is 24.6. The molecule has 13 nitrogen and oxygen atoms in total. The van der Waals surface area contributed by atoms with E-state index >= 15 is 8.78 Å². The zero-order chi connectivity index (χ0) is 54.9. The van der Waals surface area contributed by atoms with E-state index < -0.39 is 52.8 Å². The van der Waals surface area contributed by atoms with E-state index in [1.807, 2.05) is 56.3 Å². The van der Waals surface area contributed by atoms with Crippen LogP contribution in [0.4, 0.5) is 29.7 Å². The molecule has 2 amide bonds. The van der Waals surface area contributed by atoms with Gasteiger partial charge in [0, 0.05) is 43.4 Å². The Morgan fingerprint density at radius 1 is 0.605 bits per heavy atom. The Labute approximate surface area is 530 Å². The van der Waals surface area contributed by atoms with Gasteiger partial charge in [0.05, 0.1) is 37.9 Å².